The zero-order chi connectivity index (χ0) is 12.0. The Hall–Kier alpha value is -1.02. The highest BCUT2D eigenvalue weighted by molar-refractivity contribution is 5.50. The second kappa shape index (κ2) is 4.02. The summed E-state index contributed by atoms with van der Waals surface area (Å²) in [5, 5.41) is 13.7. The fraction of sp³-hybridized carbons (Fsp3) is 0.600. The van der Waals surface area contributed by atoms with Gasteiger partial charge in [0.05, 0.1) is 0 Å². The first-order chi connectivity index (χ1) is 8.16. The second-order valence-electron chi connectivity index (χ2n) is 5.77. The zero-order valence-corrected chi connectivity index (χ0v) is 10.7. The molecular formula is C15H21NO. The van der Waals surface area contributed by atoms with Crippen LogP contribution >= 0.6 is 0 Å². The van der Waals surface area contributed by atoms with Gasteiger partial charge in [0.2, 0.25) is 0 Å². The van der Waals surface area contributed by atoms with Crippen molar-refractivity contribution in [1.82, 2.24) is 5.32 Å². The molecule has 0 radical (unpaired) electrons. The summed E-state index contributed by atoms with van der Waals surface area (Å²) in [6, 6.07) is 4.24. The third-order valence-corrected chi connectivity index (χ3v) is 4.26. The highest BCUT2D eigenvalue weighted by atomic mass is 16.3. The van der Waals surface area contributed by atoms with Gasteiger partial charge in [0.1, 0.15) is 5.75 Å². The molecule has 92 valence electrons. The fourth-order valence-electron chi connectivity index (χ4n) is 3.16. The SMILES string of the molecule is Cc1ccc(O)c2c1C(C)CC2NCC1CC1. The van der Waals surface area contributed by atoms with Gasteiger partial charge in [-0.1, -0.05) is 13.0 Å². The molecule has 2 atom stereocenters. The first-order valence-electron chi connectivity index (χ1n) is 6.72. The van der Waals surface area contributed by atoms with Crippen LogP contribution in [-0.4, -0.2) is 11.7 Å². The molecule has 3 rings (SSSR count). The van der Waals surface area contributed by atoms with Gasteiger partial charge in [-0.3, -0.25) is 0 Å². The number of hydrogen-bond donors (Lipinski definition) is 2. The quantitative estimate of drug-likeness (QED) is 0.837. The molecule has 2 aliphatic rings. The summed E-state index contributed by atoms with van der Waals surface area (Å²) in [6.45, 7) is 5.53. The van der Waals surface area contributed by atoms with E-state index in [1.807, 2.05) is 12.1 Å². The van der Waals surface area contributed by atoms with Crippen LogP contribution in [0.2, 0.25) is 0 Å². The minimum atomic E-state index is 0.362. The first kappa shape index (κ1) is 11.1. The van der Waals surface area contributed by atoms with Gasteiger partial charge < -0.3 is 10.4 Å². The predicted molar refractivity (Wildman–Crippen MR) is 69.3 cm³/mol. The van der Waals surface area contributed by atoms with Gasteiger partial charge >= 0.3 is 0 Å². The van der Waals surface area contributed by atoms with Crippen LogP contribution in [0.4, 0.5) is 0 Å². The lowest BCUT2D eigenvalue weighted by molar-refractivity contribution is 0.442. The molecule has 2 aliphatic carbocycles. The van der Waals surface area contributed by atoms with E-state index in [1.165, 1.54) is 24.0 Å². The number of nitrogens with one attached hydrogen (secondary N) is 1. The summed E-state index contributed by atoms with van der Waals surface area (Å²) in [7, 11) is 0. The Labute approximate surface area is 103 Å². The van der Waals surface area contributed by atoms with Crippen molar-refractivity contribution in [3.63, 3.8) is 0 Å². The van der Waals surface area contributed by atoms with Crippen molar-refractivity contribution in [2.75, 3.05) is 6.54 Å². The summed E-state index contributed by atoms with van der Waals surface area (Å²) in [6.07, 6.45) is 3.88. The predicted octanol–water partition coefficient (Wildman–Crippen LogP) is 3.25. The van der Waals surface area contributed by atoms with Crippen LogP contribution in [0.25, 0.3) is 0 Å². The van der Waals surface area contributed by atoms with E-state index in [2.05, 4.69) is 19.2 Å². The highest BCUT2D eigenvalue weighted by Crippen LogP contribution is 2.46. The number of phenols is 1. The summed E-state index contributed by atoms with van der Waals surface area (Å²) in [5.74, 6) is 1.93. The third kappa shape index (κ3) is 1.95. The van der Waals surface area contributed by atoms with E-state index in [1.54, 1.807) is 0 Å². The van der Waals surface area contributed by atoms with E-state index < -0.39 is 0 Å². The van der Waals surface area contributed by atoms with Crippen molar-refractivity contribution < 1.29 is 5.11 Å². The van der Waals surface area contributed by atoms with Crippen molar-refractivity contribution in [3.05, 3.63) is 28.8 Å². The van der Waals surface area contributed by atoms with Crippen molar-refractivity contribution in [2.24, 2.45) is 5.92 Å². The minimum absolute atomic E-state index is 0.362. The maximum absolute atomic E-state index is 10.1. The Morgan fingerprint density at radius 2 is 2.06 bits per heavy atom. The smallest absolute Gasteiger partial charge is 0.120 e. The van der Waals surface area contributed by atoms with Crippen molar-refractivity contribution in [1.29, 1.82) is 0 Å². The molecule has 0 spiro atoms. The molecule has 0 amide bonds. The van der Waals surface area contributed by atoms with E-state index in [4.69, 9.17) is 0 Å². The van der Waals surface area contributed by atoms with Crippen molar-refractivity contribution >= 4 is 0 Å². The molecule has 2 N–H and O–H groups in total. The van der Waals surface area contributed by atoms with Crippen molar-refractivity contribution in [2.45, 2.75) is 45.1 Å². The molecule has 0 aromatic heterocycles. The Balaban J connectivity index is 1.88. The van der Waals surface area contributed by atoms with Crippen LogP contribution in [-0.2, 0) is 0 Å². The van der Waals surface area contributed by atoms with Crippen molar-refractivity contribution in [3.8, 4) is 5.75 Å². The summed E-state index contributed by atoms with van der Waals surface area (Å²) in [5.41, 5.74) is 3.86. The second-order valence-corrected chi connectivity index (χ2v) is 5.77. The standard InChI is InChI=1S/C15H21NO/c1-9-3-6-13(17)15-12(7-10(2)14(9)15)16-8-11-4-5-11/h3,6,10-12,16-17H,4-5,7-8H2,1-2H3. The van der Waals surface area contributed by atoms with E-state index in [0.717, 1.165) is 24.4 Å². The number of benzene rings is 1. The van der Waals surface area contributed by atoms with Gasteiger partial charge in [0.15, 0.2) is 0 Å². The molecule has 17 heavy (non-hydrogen) atoms. The zero-order valence-electron chi connectivity index (χ0n) is 10.7. The Bertz CT molecular complexity index is 437. The molecule has 2 unspecified atom stereocenters. The lowest BCUT2D eigenvalue weighted by Gasteiger charge is -2.15. The van der Waals surface area contributed by atoms with E-state index in [9.17, 15) is 5.11 Å². The molecule has 1 aromatic carbocycles. The number of fused-ring (bicyclic) bond motifs is 1. The number of aryl methyl sites for hydroxylation is 1. The monoisotopic (exact) mass is 231 g/mol. The molecule has 1 fully saturated rings. The van der Waals surface area contributed by atoms with E-state index in [0.29, 0.717) is 17.7 Å². The molecule has 0 saturated heterocycles. The minimum Gasteiger partial charge on any atom is -0.508 e. The van der Waals surface area contributed by atoms with Gasteiger partial charge in [-0.2, -0.15) is 0 Å². The number of hydrogen-bond acceptors (Lipinski definition) is 2. The van der Waals surface area contributed by atoms with Gasteiger partial charge in [-0.15, -0.1) is 0 Å². The lowest BCUT2D eigenvalue weighted by Crippen LogP contribution is -2.21. The van der Waals surface area contributed by atoms with E-state index >= 15 is 0 Å². The molecule has 0 bridgehead atoms. The van der Waals surface area contributed by atoms with Gasteiger partial charge in [-0.25, -0.2) is 0 Å². The van der Waals surface area contributed by atoms with E-state index in [-0.39, 0.29) is 0 Å². The third-order valence-electron chi connectivity index (χ3n) is 4.26. The lowest BCUT2D eigenvalue weighted by atomic mass is 9.97. The highest BCUT2D eigenvalue weighted by Gasteiger charge is 2.33. The van der Waals surface area contributed by atoms with Crippen LogP contribution in [0.15, 0.2) is 12.1 Å². The van der Waals surface area contributed by atoms with Crippen LogP contribution in [0.5, 0.6) is 5.75 Å². The average Bonchev–Trinajstić information content (AvgIpc) is 3.05. The fourth-order valence-corrected chi connectivity index (χ4v) is 3.16. The molecule has 1 saturated carbocycles. The molecule has 2 heteroatoms. The summed E-state index contributed by atoms with van der Waals surface area (Å²) in [4.78, 5) is 0. The Morgan fingerprint density at radius 3 is 2.76 bits per heavy atom. The number of phenolic OH excluding ortho intramolecular Hbond substituents is 1. The van der Waals surface area contributed by atoms with Gasteiger partial charge in [0.25, 0.3) is 0 Å². The maximum atomic E-state index is 10.1. The molecule has 0 aliphatic heterocycles. The Morgan fingerprint density at radius 1 is 1.29 bits per heavy atom. The number of rotatable bonds is 3. The topological polar surface area (TPSA) is 32.3 Å². The largest absolute Gasteiger partial charge is 0.508 e. The summed E-state index contributed by atoms with van der Waals surface area (Å²) < 4.78 is 0. The molecule has 2 nitrogen and oxygen atoms in total. The average molecular weight is 231 g/mol. The maximum Gasteiger partial charge on any atom is 0.120 e. The van der Waals surface area contributed by atoms with Crippen LogP contribution in [0.1, 0.15) is 54.8 Å². The summed E-state index contributed by atoms with van der Waals surface area (Å²) >= 11 is 0. The van der Waals surface area contributed by atoms with Crippen LogP contribution in [0.3, 0.4) is 0 Å². The van der Waals surface area contributed by atoms with Crippen LogP contribution < -0.4 is 5.32 Å². The molecular weight excluding hydrogens is 210 g/mol. The molecule has 0 heterocycles. The first-order valence-corrected chi connectivity index (χ1v) is 6.72. The Kier molecular flexibility index (Phi) is 2.62. The van der Waals surface area contributed by atoms with Gasteiger partial charge in [-0.05, 0) is 61.8 Å². The van der Waals surface area contributed by atoms with Crippen LogP contribution in [0, 0.1) is 12.8 Å². The van der Waals surface area contributed by atoms with Gasteiger partial charge in [0, 0.05) is 11.6 Å². The normalized spacial score (nSPS) is 27.2. The number of aromatic hydroxyl groups is 1. The molecule has 1 aromatic rings.